The molecule has 2 rings (SSSR count). The molecule has 1 saturated heterocycles. The number of nitrogens with one attached hydrogen (secondary N) is 1. The van der Waals surface area contributed by atoms with Crippen LogP contribution in [0.15, 0.2) is 24.3 Å². The summed E-state index contributed by atoms with van der Waals surface area (Å²) in [6, 6.07) is 8.10. The minimum Gasteiger partial charge on any atom is -0.380 e. The Bertz CT molecular complexity index is 389. The van der Waals surface area contributed by atoms with Gasteiger partial charge in [-0.05, 0) is 17.5 Å². The summed E-state index contributed by atoms with van der Waals surface area (Å²) in [6.07, 6.45) is 1.12. The van der Waals surface area contributed by atoms with Crippen LogP contribution < -0.4 is 5.32 Å². The predicted molar refractivity (Wildman–Crippen MR) is 65.6 cm³/mol. The summed E-state index contributed by atoms with van der Waals surface area (Å²) >= 11 is 0. The first-order valence-corrected chi connectivity index (χ1v) is 5.89. The average molecular weight is 234 g/mol. The minimum absolute atomic E-state index is 0.0356. The summed E-state index contributed by atoms with van der Waals surface area (Å²) in [4.78, 5) is 13.4. The molecule has 0 atom stereocenters. The summed E-state index contributed by atoms with van der Waals surface area (Å²) in [7, 11) is 1.68. The molecule has 1 aliphatic rings. The van der Waals surface area contributed by atoms with Gasteiger partial charge in [-0.25, -0.2) is 4.79 Å². The molecule has 17 heavy (non-hydrogen) atoms. The highest BCUT2D eigenvalue weighted by atomic mass is 16.5. The highest BCUT2D eigenvalue weighted by molar-refractivity contribution is 5.74. The van der Waals surface area contributed by atoms with Crippen LogP contribution >= 0.6 is 0 Å². The molecule has 1 heterocycles. The topological polar surface area (TPSA) is 41.6 Å². The molecule has 0 aromatic heterocycles. The zero-order chi connectivity index (χ0) is 12.1. The first-order chi connectivity index (χ1) is 8.29. The molecular weight excluding hydrogens is 216 g/mol. The van der Waals surface area contributed by atoms with Crippen molar-refractivity contribution in [2.24, 2.45) is 0 Å². The van der Waals surface area contributed by atoms with E-state index in [1.165, 1.54) is 0 Å². The fraction of sp³-hybridized carbons (Fsp3) is 0.462. The van der Waals surface area contributed by atoms with E-state index in [-0.39, 0.29) is 6.03 Å². The lowest BCUT2D eigenvalue weighted by atomic mass is 10.1. The van der Waals surface area contributed by atoms with Crippen LogP contribution in [-0.2, 0) is 17.9 Å². The van der Waals surface area contributed by atoms with Gasteiger partial charge in [-0.15, -0.1) is 0 Å². The maximum atomic E-state index is 11.6. The van der Waals surface area contributed by atoms with Gasteiger partial charge < -0.3 is 15.0 Å². The number of benzene rings is 1. The minimum atomic E-state index is 0.0356. The van der Waals surface area contributed by atoms with E-state index >= 15 is 0 Å². The van der Waals surface area contributed by atoms with E-state index in [9.17, 15) is 4.79 Å². The molecule has 0 unspecified atom stereocenters. The molecule has 0 saturated carbocycles. The summed E-state index contributed by atoms with van der Waals surface area (Å²) in [5.41, 5.74) is 2.23. The van der Waals surface area contributed by atoms with Crippen LogP contribution in [0.25, 0.3) is 0 Å². The lowest BCUT2D eigenvalue weighted by molar-refractivity contribution is 0.167. The van der Waals surface area contributed by atoms with Crippen LogP contribution in [-0.4, -0.2) is 31.1 Å². The Hall–Kier alpha value is -1.55. The number of carbonyl (C=O) groups excluding carboxylic acids is 1. The molecule has 1 aromatic rings. The Morgan fingerprint density at radius 2 is 2.18 bits per heavy atom. The number of carbonyl (C=O) groups is 1. The molecule has 0 spiro atoms. The highest BCUT2D eigenvalue weighted by Crippen LogP contribution is 2.08. The van der Waals surface area contributed by atoms with Crippen LogP contribution in [0.1, 0.15) is 17.5 Å². The second-order valence-corrected chi connectivity index (χ2v) is 4.25. The van der Waals surface area contributed by atoms with Gasteiger partial charge in [0, 0.05) is 26.7 Å². The van der Waals surface area contributed by atoms with E-state index in [0.717, 1.165) is 30.6 Å². The number of urea groups is 1. The second-order valence-electron chi connectivity index (χ2n) is 4.25. The van der Waals surface area contributed by atoms with E-state index in [1.54, 1.807) is 7.11 Å². The summed E-state index contributed by atoms with van der Waals surface area (Å²) in [6.45, 7) is 2.95. The molecule has 4 heteroatoms. The molecule has 4 nitrogen and oxygen atoms in total. The van der Waals surface area contributed by atoms with Crippen molar-refractivity contribution < 1.29 is 9.53 Å². The number of hydrogen-bond donors (Lipinski definition) is 1. The number of likely N-dealkylation sites (tertiary alicyclic amines) is 1. The van der Waals surface area contributed by atoms with E-state index in [4.69, 9.17) is 4.74 Å². The summed E-state index contributed by atoms with van der Waals surface area (Å²) < 4.78 is 5.08. The third-order valence-electron chi connectivity index (χ3n) is 2.89. The van der Waals surface area contributed by atoms with Crippen molar-refractivity contribution in [2.45, 2.75) is 19.6 Å². The first kappa shape index (κ1) is 11.9. The van der Waals surface area contributed by atoms with Crippen LogP contribution in [0.5, 0.6) is 0 Å². The molecule has 0 aliphatic carbocycles. The van der Waals surface area contributed by atoms with Gasteiger partial charge in [0.25, 0.3) is 0 Å². The molecule has 1 aliphatic heterocycles. The van der Waals surface area contributed by atoms with Crippen molar-refractivity contribution in [1.29, 1.82) is 0 Å². The van der Waals surface area contributed by atoms with Crippen molar-refractivity contribution in [1.82, 2.24) is 10.2 Å². The van der Waals surface area contributed by atoms with Crippen LogP contribution in [0, 0.1) is 0 Å². The fourth-order valence-corrected chi connectivity index (χ4v) is 1.80. The van der Waals surface area contributed by atoms with Gasteiger partial charge in [-0.1, -0.05) is 24.3 Å². The van der Waals surface area contributed by atoms with Crippen LogP contribution in [0.2, 0.25) is 0 Å². The lowest BCUT2D eigenvalue weighted by Crippen LogP contribution is -2.47. The number of methoxy groups -OCH3 is 1. The van der Waals surface area contributed by atoms with E-state index in [0.29, 0.717) is 13.2 Å². The van der Waals surface area contributed by atoms with Crippen LogP contribution in [0.3, 0.4) is 0 Å². The van der Waals surface area contributed by atoms with Gasteiger partial charge in [0.1, 0.15) is 0 Å². The molecule has 1 N–H and O–H groups in total. The normalized spacial score (nSPS) is 14.3. The lowest BCUT2D eigenvalue weighted by Gasteiger charge is -2.30. The number of hydrogen-bond acceptors (Lipinski definition) is 2. The molecule has 1 fully saturated rings. The number of ether oxygens (including phenoxy) is 1. The van der Waals surface area contributed by atoms with Crippen molar-refractivity contribution in [3.05, 3.63) is 35.4 Å². The number of rotatable bonds is 4. The van der Waals surface area contributed by atoms with Crippen molar-refractivity contribution in [3.8, 4) is 0 Å². The smallest absolute Gasteiger partial charge is 0.317 e. The second kappa shape index (κ2) is 5.68. The highest BCUT2D eigenvalue weighted by Gasteiger charge is 2.19. The Labute approximate surface area is 102 Å². The zero-order valence-corrected chi connectivity index (χ0v) is 10.1. The maximum Gasteiger partial charge on any atom is 0.317 e. The average Bonchev–Trinajstić information content (AvgIpc) is 2.25. The quantitative estimate of drug-likeness (QED) is 0.862. The van der Waals surface area contributed by atoms with E-state index in [2.05, 4.69) is 11.4 Å². The number of amides is 2. The van der Waals surface area contributed by atoms with Crippen molar-refractivity contribution in [2.75, 3.05) is 20.2 Å². The molecular formula is C13H18N2O2. The zero-order valence-electron chi connectivity index (χ0n) is 10.1. The van der Waals surface area contributed by atoms with Crippen molar-refractivity contribution in [3.63, 3.8) is 0 Å². The summed E-state index contributed by atoms with van der Waals surface area (Å²) in [5, 5.41) is 2.92. The molecule has 92 valence electrons. The third-order valence-corrected chi connectivity index (χ3v) is 2.89. The van der Waals surface area contributed by atoms with Gasteiger partial charge in [0.05, 0.1) is 6.61 Å². The van der Waals surface area contributed by atoms with Crippen LogP contribution in [0.4, 0.5) is 4.79 Å². The molecule has 0 bridgehead atoms. The van der Waals surface area contributed by atoms with Gasteiger partial charge in [-0.2, -0.15) is 0 Å². The van der Waals surface area contributed by atoms with Gasteiger partial charge in [0.2, 0.25) is 0 Å². The van der Waals surface area contributed by atoms with Gasteiger partial charge >= 0.3 is 6.03 Å². The maximum absolute atomic E-state index is 11.6. The van der Waals surface area contributed by atoms with Gasteiger partial charge in [-0.3, -0.25) is 0 Å². The third kappa shape index (κ3) is 3.20. The SMILES string of the molecule is COCc1cccc(CNC(=O)N2CCC2)c1. The van der Waals surface area contributed by atoms with E-state index in [1.807, 2.05) is 23.1 Å². The fourth-order valence-electron chi connectivity index (χ4n) is 1.80. The monoisotopic (exact) mass is 234 g/mol. The molecule has 0 radical (unpaired) electrons. The predicted octanol–water partition coefficient (Wildman–Crippen LogP) is 1.75. The Morgan fingerprint density at radius 3 is 2.82 bits per heavy atom. The largest absolute Gasteiger partial charge is 0.380 e. The first-order valence-electron chi connectivity index (χ1n) is 5.89. The van der Waals surface area contributed by atoms with Gasteiger partial charge in [0.15, 0.2) is 0 Å². The number of nitrogens with zero attached hydrogens (tertiary/aromatic N) is 1. The van der Waals surface area contributed by atoms with Crippen molar-refractivity contribution >= 4 is 6.03 Å². The molecule has 2 amide bonds. The molecule has 1 aromatic carbocycles. The van der Waals surface area contributed by atoms with E-state index < -0.39 is 0 Å². The Kier molecular flexibility index (Phi) is 3.98. The standard InChI is InChI=1S/C13H18N2O2/c1-17-10-12-5-2-4-11(8-12)9-14-13(16)15-6-3-7-15/h2,4-5,8H,3,6-7,9-10H2,1H3,(H,14,16). The Morgan fingerprint density at radius 1 is 1.41 bits per heavy atom. The Balaban J connectivity index is 1.85. The summed E-state index contributed by atoms with van der Waals surface area (Å²) in [5.74, 6) is 0.